The molecule has 0 bridgehead atoms. The molecule has 0 aromatic rings. The van der Waals surface area contributed by atoms with Crippen LogP contribution in [-0.2, 0) is 57.2 Å². The number of nitrogens with zero attached hydrogens (tertiary/aromatic N) is 3. The number of unbranched alkanes of at least 4 members (excludes halogenated alkanes) is 20. The summed E-state index contributed by atoms with van der Waals surface area (Å²) in [6.45, 7) is 16.6. The molecule has 1 heterocycles. The van der Waals surface area contributed by atoms with E-state index >= 15 is 0 Å². The van der Waals surface area contributed by atoms with E-state index in [4.69, 9.17) is 18.9 Å². The molecular formula is C56H104FN3O12. The van der Waals surface area contributed by atoms with Crippen LogP contribution in [0.3, 0.4) is 0 Å². The lowest BCUT2D eigenvalue weighted by molar-refractivity contribution is -0.159. The highest BCUT2D eigenvalue weighted by Gasteiger charge is 2.39. The second-order valence-electron chi connectivity index (χ2n) is 19.3. The Balaban J connectivity index is 0. The molecule has 0 aromatic heterocycles. The van der Waals surface area contributed by atoms with Crippen LogP contribution in [0.25, 0.3) is 0 Å². The molecule has 15 nitrogen and oxygen atoms in total. The fraction of sp³-hybridized carbons (Fsp3) is 0.875. The van der Waals surface area contributed by atoms with Gasteiger partial charge in [0.2, 0.25) is 5.91 Å². The predicted molar refractivity (Wildman–Crippen MR) is 283 cm³/mol. The maximum absolute atomic E-state index is 12.9. The van der Waals surface area contributed by atoms with Crippen molar-refractivity contribution in [3.8, 4) is 0 Å². The van der Waals surface area contributed by atoms with Crippen molar-refractivity contribution in [1.82, 2.24) is 14.7 Å². The molecule has 0 aromatic carbocycles. The molecule has 0 radical (unpaired) electrons. The molecule has 1 amide bonds. The number of carbonyl (C=O) groups excluding carboxylic acids is 7. The molecule has 1 fully saturated rings. The maximum Gasteiger partial charge on any atom is 0.320 e. The third kappa shape index (κ3) is 41.8. The topological polar surface area (TPSA) is 175 Å². The van der Waals surface area contributed by atoms with Crippen LogP contribution in [0.4, 0.5) is 4.39 Å². The Hall–Kier alpha value is -3.66. The summed E-state index contributed by atoms with van der Waals surface area (Å²) in [4.78, 5) is 86.8. The number of Topliss-reactive ketones (excluding diaryl/α,β-unsaturated/α-hetero) is 1. The van der Waals surface area contributed by atoms with Crippen molar-refractivity contribution in [3.05, 3.63) is 0 Å². The molecule has 1 saturated heterocycles. The van der Waals surface area contributed by atoms with Gasteiger partial charge in [0.15, 0.2) is 0 Å². The van der Waals surface area contributed by atoms with Crippen molar-refractivity contribution in [2.45, 2.75) is 241 Å². The first-order valence-corrected chi connectivity index (χ1v) is 28.3. The summed E-state index contributed by atoms with van der Waals surface area (Å²) < 4.78 is 38.6. The van der Waals surface area contributed by atoms with Gasteiger partial charge in [0.05, 0.1) is 65.2 Å². The summed E-state index contributed by atoms with van der Waals surface area (Å²) in [5.74, 6) is -2.14. The van der Waals surface area contributed by atoms with E-state index in [2.05, 4.69) is 32.4 Å². The van der Waals surface area contributed by atoms with Gasteiger partial charge in [0, 0.05) is 18.9 Å². The van der Waals surface area contributed by atoms with E-state index in [1.54, 1.807) is 4.90 Å². The van der Waals surface area contributed by atoms with Gasteiger partial charge in [0.25, 0.3) is 6.47 Å². The zero-order valence-electron chi connectivity index (χ0n) is 46.8. The first kappa shape index (κ1) is 70.4. The second kappa shape index (κ2) is 50.9. The number of alkyl halides is 1. The van der Waals surface area contributed by atoms with Gasteiger partial charge >= 0.3 is 23.9 Å². The van der Waals surface area contributed by atoms with Crippen LogP contribution in [-0.4, -0.2) is 141 Å². The number of esters is 4. The van der Waals surface area contributed by atoms with Crippen molar-refractivity contribution in [2.24, 2.45) is 5.92 Å². The molecule has 422 valence electrons. The lowest BCUT2D eigenvalue weighted by Crippen LogP contribution is -2.59. The Morgan fingerprint density at radius 2 is 0.875 bits per heavy atom. The van der Waals surface area contributed by atoms with Crippen molar-refractivity contribution in [2.75, 3.05) is 72.6 Å². The fourth-order valence-electron chi connectivity index (χ4n) is 7.96. The van der Waals surface area contributed by atoms with Crippen LogP contribution in [0, 0.1) is 5.92 Å². The minimum atomic E-state index is -0.811. The standard InChI is InChI=1S/C30H54N2O7.C17H32FNO3.C9H18O2/c1-5-8-10-12-14-16-18-37-28(34)21-31(22-29(35)38-19-17-15-13-11-9-6-2)23-30(36)39-24-27-20-26(7-3)32(27)25(4)33;1-4-6-7-8-9-10-11-22-17(21)13-19(14-18)12-16(20)15(3)5-2;1-2-3-4-5-6-7-8-11-9-10/h26-27H,5-24H2,1-4H3;15H,4-14H2,1-3H3;9H,2-8H2,1H3. The molecule has 3 unspecified atom stereocenters. The summed E-state index contributed by atoms with van der Waals surface area (Å²) in [5.41, 5.74) is 0. The normalized spacial score (nSPS) is 14.2. The van der Waals surface area contributed by atoms with Crippen LogP contribution >= 0.6 is 0 Å². The number of likely N-dealkylation sites (tertiary alicyclic amines) is 1. The van der Waals surface area contributed by atoms with Crippen LogP contribution in [0.2, 0.25) is 0 Å². The van der Waals surface area contributed by atoms with E-state index < -0.39 is 30.7 Å². The number of rotatable bonds is 45. The van der Waals surface area contributed by atoms with Crippen LogP contribution < -0.4 is 0 Å². The van der Waals surface area contributed by atoms with Gasteiger partial charge in [-0.2, -0.15) is 0 Å². The summed E-state index contributed by atoms with van der Waals surface area (Å²) in [6.07, 6.45) is 29.5. The van der Waals surface area contributed by atoms with Crippen LogP contribution in [0.15, 0.2) is 0 Å². The van der Waals surface area contributed by atoms with Crippen LogP contribution in [0.1, 0.15) is 229 Å². The zero-order chi connectivity index (χ0) is 54.0. The van der Waals surface area contributed by atoms with Gasteiger partial charge in [-0.15, -0.1) is 0 Å². The highest BCUT2D eigenvalue weighted by molar-refractivity contribution is 5.83. The molecule has 1 aliphatic heterocycles. The number of hydrogen-bond acceptors (Lipinski definition) is 14. The molecule has 0 N–H and O–H groups in total. The van der Waals surface area contributed by atoms with E-state index in [1.807, 2.05) is 20.8 Å². The van der Waals surface area contributed by atoms with Crippen molar-refractivity contribution in [3.63, 3.8) is 0 Å². The predicted octanol–water partition coefficient (Wildman–Crippen LogP) is 11.3. The number of carbonyl (C=O) groups is 7. The highest BCUT2D eigenvalue weighted by Crippen LogP contribution is 2.28. The van der Waals surface area contributed by atoms with Gasteiger partial charge in [0.1, 0.15) is 19.2 Å². The molecule has 16 heteroatoms. The lowest BCUT2D eigenvalue weighted by Gasteiger charge is -2.47. The molecule has 0 aliphatic carbocycles. The van der Waals surface area contributed by atoms with E-state index in [9.17, 15) is 38.0 Å². The van der Waals surface area contributed by atoms with Gasteiger partial charge in [-0.3, -0.25) is 43.4 Å². The van der Waals surface area contributed by atoms with Crippen molar-refractivity contribution < 1.29 is 61.6 Å². The summed E-state index contributed by atoms with van der Waals surface area (Å²) >= 11 is 0. The van der Waals surface area contributed by atoms with Gasteiger partial charge in [-0.25, -0.2) is 4.39 Å². The largest absolute Gasteiger partial charge is 0.468 e. The van der Waals surface area contributed by atoms with Crippen LogP contribution in [0.5, 0.6) is 0 Å². The minimum Gasteiger partial charge on any atom is -0.468 e. The Bertz CT molecular complexity index is 1340. The van der Waals surface area contributed by atoms with E-state index in [1.165, 1.54) is 107 Å². The molecule has 72 heavy (non-hydrogen) atoms. The molecule has 0 spiro atoms. The number of ether oxygens (including phenoxy) is 5. The van der Waals surface area contributed by atoms with Gasteiger partial charge < -0.3 is 28.6 Å². The monoisotopic (exact) mass is 1030 g/mol. The average molecular weight is 1030 g/mol. The first-order chi connectivity index (χ1) is 34.8. The van der Waals surface area contributed by atoms with E-state index in [0.717, 1.165) is 83.5 Å². The Morgan fingerprint density at radius 3 is 1.22 bits per heavy atom. The average Bonchev–Trinajstić information content (AvgIpc) is 3.34. The third-order valence-electron chi connectivity index (χ3n) is 12.7. The number of ketones is 1. The first-order valence-electron chi connectivity index (χ1n) is 28.3. The van der Waals surface area contributed by atoms with Crippen molar-refractivity contribution >= 4 is 42.0 Å². The molecular weight excluding hydrogens is 926 g/mol. The molecule has 1 rings (SSSR count). The summed E-state index contributed by atoms with van der Waals surface area (Å²) in [6, 6.07) is 0.0555. The Labute approximate surface area is 436 Å². The fourth-order valence-corrected chi connectivity index (χ4v) is 7.96. The molecule has 0 saturated carbocycles. The van der Waals surface area contributed by atoms with Gasteiger partial charge in [-0.05, 0) is 44.9 Å². The summed E-state index contributed by atoms with van der Waals surface area (Å²) in [5, 5.41) is 0. The summed E-state index contributed by atoms with van der Waals surface area (Å²) in [7, 11) is 0. The minimum absolute atomic E-state index is 0.0301. The molecule has 1 aliphatic rings. The molecule has 3 atom stereocenters. The number of amides is 1. The lowest BCUT2D eigenvalue weighted by atomic mass is 9.91. The number of halogens is 1. The zero-order valence-corrected chi connectivity index (χ0v) is 46.8. The van der Waals surface area contributed by atoms with E-state index in [0.29, 0.717) is 32.9 Å². The highest BCUT2D eigenvalue weighted by atomic mass is 19.1. The van der Waals surface area contributed by atoms with Gasteiger partial charge in [-0.1, -0.05) is 177 Å². The Morgan fingerprint density at radius 1 is 0.514 bits per heavy atom. The van der Waals surface area contributed by atoms with Crippen molar-refractivity contribution in [1.29, 1.82) is 0 Å². The second-order valence-corrected chi connectivity index (χ2v) is 19.3. The SMILES string of the molecule is CCCCCCCCOC(=O)CN(CC(=O)OCCCCCCCC)CC(=O)OCC1CC(CC)N1C(C)=O.CCCCCCCCOC(=O)CN(CF)CC(=O)C(C)CC.CCCCCCCCOC=O. The third-order valence-corrected chi connectivity index (χ3v) is 12.7. The van der Waals surface area contributed by atoms with E-state index in [-0.39, 0.29) is 69.0 Å². The maximum atomic E-state index is 12.9. The smallest absolute Gasteiger partial charge is 0.320 e. The quantitative estimate of drug-likeness (QED) is 0.0185. The number of hydrogen-bond donors (Lipinski definition) is 0. The Kier molecular flexibility index (Phi) is 49.7.